The third-order valence-corrected chi connectivity index (χ3v) is 9.52. The predicted octanol–water partition coefficient (Wildman–Crippen LogP) is 5.99. The smallest absolute Gasteiger partial charge is 0.273 e. The minimum atomic E-state index is -4.53. The van der Waals surface area contributed by atoms with E-state index in [0.29, 0.717) is 22.9 Å². The van der Waals surface area contributed by atoms with Crippen molar-refractivity contribution in [3.05, 3.63) is 92.0 Å². The molecule has 0 saturated heterocycles. The van der Waals surface area contributed by atoms with Crippen LogP contribution in [0.15, 0.2) is 65.6 Å². The average molecular weight is 680 g/mol. The summed E-state index contributed by atoms with van der Waals surface area (Å²) in [4.78, 5) is 39.4. The van der Waals surface area contributed by atoms with E-state index in [-0.39, 0.29) is 45.7 Å². The molecule has 0 bridgehead atoms. The summed E-state index contributed by atoms with van der Waals surface area (Å²) in [6.45, 7) is 6.71. The third-order valence-electron chi connectivity index (χ3n) is 7.01. The molecular weight excluding hydrogens is 643 g/mol. The number of rotatable bonds is 14. The molecule has 0 fully saturated rings. The van der Waals surface area contributed by atoms with Crippen LogP contribution in [-0.4, -0.2) is 56.3 Å². The van der Waals surface area contributed by atoms with Gasteiger partial charge in [-0.25, -0.2) is 8.42 Å². The van der Waals surface area contributed by atoms with Crippen LogP contribution in [0.2, 0.25) is 10.0 Å². The number of methoxy groups -OCH3 is 1. The van der Waals surface area contributed by atoms with E-state index in [2.05, 4.69) is 5.32 Å². The summed E-state index contributed by atoms with van der Waals surface area (Å²) in [7, 11) is -3.08. The minimum absolute atomic E-state index is 0.0736. The molecule has 0 aliphatic carbocycles. The van der Waals surface area contributed by atoms with Gasteiger partial charge in [-0.05, 0) is 67.3 Å². The van der Waals surface area contributed by atoms with Crippen molar-refractivity contribution in [2.45, 2.75) is 51.6 Å². The van der Waals surface area contributed by atoms with Crippen molar-refractivity contribution in [2.75, 3.05) is 24.5 Å². The lowest BCUT2D eigenvalue weighted by Crippen LogP contribution is -2.52. The number of aryl methyl sites for hydroxylation is 1. The first-order valence-electron chi connectivity index (χ1n) is 14.1. The number of nitro benzene ring substituents is 1. The fraction of sp³-hybridized carbons (Fsp3) is 0.355. The standard InChI is InChI=1S/C31H36Cl2N4O7S/c1-6-28(31(39)34-17-20(2)3)35(18-22-8-14-26(32)27(33)15-22)30(38)19-36(23-9-11-24(44-5)12-10-23)45(42,43)25-13-7-21(4)29(16-25)37(40)41/h7-16,20,28H,6,17-19H2,1-5H3,(H,34,39). The van der Waals surface area contributed by atoms with Crippen molar-refractivity contribution in [1.29, 1.82) is 0 Å². The highest BCUT2D eigenvalue weighted by Gasteiger charge is 2.34. The molecule has 45 heavy (non-hydrogen) atoms. The molecule has 1 unspecified atom stereocenters. The second kappa shape index (κ2) is 15.4. The van der Waals surface area contributed by atoms with Gasteiger partial charge in [-0.2, -0.15) is 0 Å². The van der Waals surface area contributed by atoms with E-state index in [0.717, 1.165) is 10.4 Å². The molecule has 0 spiro atoms. The predicted molar refractivity (Wildman–Crippen MR) is 174 cm³/mol. The quantitative estimate of drug-likeness (QED) is 0.163. The van der Waals surface area contributed by atoms with Crippen LogP contribution in [0, 0.1) is 23.0 Å². The maximum atomic E-state index is 14.2. The number of sulfonamides is 1. The van der Waals surface area contributed by atoms with Crippen LogP contribution in [0.5, 0.6) is 5.75 Å². The Bertz CT molecular complexity index is 1650. The number of hydrogen-bond donors (Lipinski definition) is 1. The van der Waals surface area contributed by atoms with E-state index in [4.69, 9.17) is 27.9 Å². The van der Waals surface area contributed by atoms with Gasteiger partial charge in [0.25, 0.3) is 15.7 Å². The molecule has 3 aromatic carbocycles. The number of amides is 2. The fourth-order valence-corrected chi connectivity index (χ4v) is 6.28. The Morgan fingerprint density at radius 3 is 2.24 bits per heavy atom. The topological polar surface area (TPSA) is 139 Å². The van der Waals surface area contributed by atoms with Gasteiger partial charge in [-0.15, -0.1) is 0 Å². The molecular formula is C31H36Cl2N4O7S. The van der Waals surface area contributed by atoms with Crippen LogP contribution in [0.25, 0.3) is 0 Å². The van der Waals surface area contributed by atoms with Gasteiger partial charge in [0, 0.05) is 24.7 Å². The van der Waals surface area contributed by atoms with Crippen molar-refractivity contribution >= 4 is 56.4 Å². The Morgan fingerprint density at radius 1 is 1.02 bits per heavy atom. The summed E-state index contributed by atoms with van der Waals surface area (Å²) < 4.78 is 34.3. The number of halogens is 2. The maximum absolute atomic E-state index is 14.2. The van der Waals surface area contributed by atoms with Gasteiger partial charge in [0.1, 0.15) is 18.3 Å². The van der Waals surface area contributed by atoms with E-state index in [1.165, 1.54) is 55.3 Å². The number of nitrogens with one attached hydrogen (secondary N) is 1. The molecule has 0 aliphatic rings. The molecule has 3 aromatic rings. The van der Waals surface area contributed by atoms with E-state index in [9.17, 15) is 28.1 Å². The molecule has 1 atom stereocenters. The SMILES string of the molecule is CCC(C(=O)NCC(C)C)N(Cc1ccc(Cl)c(Cl)c1)C(=O)CN(c1ccc(OC)cc1)S(=O)(=O)c1ccc(C)c([N+](=O)[O-])c1. The monoisotopic (exact) mass is 678 g/mol. The molecule has 14 heteroatoms. The summed E-state index contributed by atoms with van der Waals surface area (Å²) in [6.07, 6.45) is 0.233. The Balaban J connectivity index is 2.12. The van der Waals surface area contributed by atoms with Crippen molar-refractivity contribution in [2.24, 2.45) is 5.92 Å². The number of carbonyl (C=O) groups excluding carboxylic acids is 2. The zero-order valence-electron chi connectivity index (χ0n) is 25.6. The molecule has 0 aromatic heterocycles. The minimum Gasteiger partial charge on any atom is -0.497 e. The van der Waals surface area contributed by atoms with Crippen LogP contribution >= 0.6 is 23.2 Å². The first-order valence-corrected chi connectivity index (χ1v) is 16.3. The summed E-state index contributed by atoms with van der Waals surface area (Å²) in [6, 6.07) is 13.4. The number of carbonyl (C=O) groups is 2. The highest BCUT2D eigenvalue weighted by atomic mass is 35.5. The van der Waals surface area contributed by atoms with Gasteiger partial charge in [0.15, 0.2) is 0 Å². The number of hydrogen-bond acceptors (Lipinski definition) is 7. The van der Waals surface area contributed by atoms with Gasteiger partial charge in [0.2, 0.25) is 11.8 Å². The number of ether oxygens (including phenoxy) is 1. The summed E-state index contributed by atoms with van der Waals surface area (Å²) in [5, 5.41) is 15.1. The van der Waals surface area contributed by atoms with Gasteiger partial charge in [0.05, 0.1) is 32.7 Å². The summed E-state index contributed by atoms with van der Waals surface area (Å²) in [5.74, 6) is -0.483. The van der Waals surface area contributed by atoms with E-state index < -0.39 is 39.3 Å². The number of nitro groups is 1. The molecule has 2 amide bonds. The fourth-order valence-electron chi connectivity index (χ4n) is 4.53. The van der Waals surface area contributed by atoms with Crippen molar-refractivity contribution in [3.63, 3.8) is 0 Å². The summed E-state index contributed by atoms with van der Waals surface area (Å²) in [5.41, 5.74) is 0.572. The van der Waals surface area contributed by atoms with Gasteiger partial charge >= 0.3 is 0 Å². The van der Waals surface area contributed by atoms with Crippen LogP contribution in [0.4, 0.5) is 11.4 Å². The van der Waals surface area contributed by atoms with Gasteiger partial charge in [-0.1, -0.05) is 56.1 Å². The zero-order chi connectivity index (χ0) is 33.5. The Morgan fingerprint density at radius 2 is 1.69 bits per heavy atom. The van der Waals surface area contributed by atoms with Crippen LogP contribution in [0.3, 0.4) is 0 Å². The normalized spacial score (nSPS) is 12.0. The second-order valence-corrected chi connectivity index (χ2v) is 13.4. The molecule has 0 aliphatic heterocycles. The molecule has 11 nitrogen and oxygen atoms in total. The number of benzene rings is 3. The molecule has 0 radical (unpaired) electrons. The number of anilines is 1. The van der Waals surface area contributed by atoms with E-state index >= 15 is 0 Å². The molecule has 0 saturated carbocycles. The number of nitrogens with zero attached hydrogens (tertiary/aromatic N) is 3. The van der Waals surface area contributed by atoms with Crippen molar-refractivity contribution < 1.29 is 27.7 Å². The van der Waals surface area contributed by atoms with Gasteiger partial charge < -0.3 is 15.0 Å². The van der Waals surface area contributed by atoms with E-state index in [1.54, 1.807) is 25.1 Å². The molecule has 242 valence electrons. The van der Waals surface area contributed by atoms with Crippen molar-refractivity contribution in [3.8, 4) is 5.75 Å². The maximum Gasteiger partial charge on any atom is 0.273 e. The third kappa shape index (κ3) is 8.86. The summed E-state index contributed by atoms with van der Waals surface area (Å²) >= 11 is 12.3. The van der Waals surface area contributed by atoms with Crippen LogP contribution < -0.4 is 14.4 Å². The largest absolute Gasteiger partial charge is 0.497 e. The van der Waals surface area contributed by atoms with Crippen LogP contribution in [-0.2, 0) is 26.2 Å². The first kappa shape index (κ1) is 35.6. The van der Waals surface area contributed by atoms with Crippen LogP contribution in [0.1, 0.15) is 38.3 Å². The molecule has 1 N–H and O–H groups in total. The zero-order valence-corrected chi connectivity index (χ0v) is 27.9. The Hall–Kier alpha value is -3.87. The lowest BCUT2D eigenvalue weighted by molar-refractivity contribution is -0.385. The Kier molecular flexibility index (Phi) is 12.2. The Labute approximate surface area is 273 Å². The lowest BCUT2D eigenvalue weighted by atomic mass is 10.1. The second-order valence-electron chi connectivity index (χ2n) is 10.7. The van der Waals surface area contributed by atoms with Crippen molar-refractivity contribution in [1.82, 2.24) is 10.2 Å². The van der Waals surface area contributed by atoms with Gasteiger partial charge in [-0.3, -0.25) is 24.0 Å². The molecule has 0 heterocycles. The highest BCUT2D eigenvalue weighted by Crippen LogP contribution is 2.30. The molecule has 3 rings (SSSR count). The highest BCUT2D eigenvalue weighted by molar-refractivity contribution is 7.92. The first-order chi connectivity index (χ1) is 21.2. The lowest BCUT2D eigenvalue weighted by Gasteiger charge is -2.33. The van der Waals surface area contributed by atoms with E-state index in [1.807, 2.05) is 13.8 Å². The average Bonchev–Trinajstić information content (AvgIpc) is 3.00.